The molecule has 6 nitrogen and oxygen atoms in total. The van der Waals surface area contributed by atoms with Crippen LogP contribution in [0.5, 0.6) is 0 Å². The van der Waals surface area contributed by atoms with Crippen LogP contribution in [-0.2, 0) is 9.53 Å². The number of rotatable bonds is 4. The number of carbonyl (C=O) groups is 1. The van der Waals surface area contributed by atoms with E-state index in [1.807, 2.05) is 18.2 Å². The van der Waals surface area contributed by atoms with Gasteiger partial charge in [0.15, 0.2) is 5.13 Å². The molecule has 4 rings (SSSR count). The van der Waals surface area contributed by atoms with Crippen molar-refractivity contribution in [3.8, 4) is 10.4 Å². The Balaban J connectivity index is 1.46. The average molecular weight is 382 g/mol. The van der Waals surface area contributed by atoms with Gasteiger partial charge in [-0.2, -0.15) is 10.2 Å². The van der Waals surface area contributed by atoms with E-state index in [4.69, 9.17) is 4.74 Å². The molecule has 1 saturated heterocycles. The second kappa shape index (κ2) is 7.70. The van der Waals surface area contributed by atoms with E-state index in [0.29, 0.717) is 17.7 Å². The summed E-state index contributed by atoms with van der Waals surface area (Å²) in [6, 6.07) is 7.95. The summed E-state index contributed by atoms with van der Waals surface area (Å²) in [5, 5.41) is 12.7. The van der Waals surface area contributed by atoms with Crippen molar-refractivity contribution in [2.24, 2.45) is 11.8 Å². The number of hydrogen-bond acceptors (Lipinski definition) is 6. The van der Waals surface area contributed by atoms with E-state index in [1.54, 1.807) is 12.4 Å². The van der Waals surface area contributed by atoms with Gasteiger partial charge in [-0.05, 0) is 42.5 Å². The smallest absolute Gasteiger partial charge is 0.229 e. The fraction of sp³-hybridized carbons (Fsp3) is 0.400. The van der Waals surface area contributed by atoms with E-state index >= 15 is 0 Å². The standard InChI is InChI=1S/C20H22N4O2S/c1-12(2)17-10-15(6-8-26-17)19(25)23-20-21-11-18(27-20)14-3-4-16-13(9-14)5-7-22-24-16/h3-5,7,9,11-12,15,17H,6,8,10H2,1-2H3,(H,21,23,25). The maximum Gasteiger partial charge on any atom is 0.229 e. The number of nitrogens with one attached hydrogen (secondary N) is 1. The van der Waals surface area contributed by atoms with Crippen LogP contribution in [0.1, 0.15) is 26.7 Å². The summed E-state index contributed by atoms with van der Waals surface area (Å²) in [6.07, 6.45) is 5.17. The number of benzene rings is 1. The highest BCUT2D eigenvalue weighted by Gasteiger charge is 2.29. The molecule has 140 valence electrons. The molecule has 0 spiro atoms. The normalized spacial score (nSPS) is 20.1. The van der Waals surface area contributed by atoms with E-state index in [9.17, 15) is 4.79 Å². The molecule has 2 unspecified atom stereocenters. The minimum atomic E-state index is -0.0160. The van der Waals surface area contributed by atoms with Gasteiger partial charge < -0.3 is 10.1 Å². The summed E-state index contributed by atoms with van der Waals surface area (Å²) >= 11 is 1.48. The first-order valence-corrected chi connectivity index (χ1v) is 10.0. The Kier molecular flexibility index (Phi) is 5.13. The first-order valence-electron chi connectivity index (χ1n) is 9.20. The van der Waals surface area contributed by atoms with Gasteiger partial charge in [0.05, 0.1) is 22.7 Å². The lowest BCUT2D eigenvalue weighted by Crippen LogP contribution is -2.35. The zero-order chi connectivity index (χ0) is 18.8. The maximum absolute atomic E-state index is 12.6. The molecule has 1 fully saturated rings. The van der Waals surface area contributed by atoms with Crippen LogP contribution in [-0.4, -0.2) is 33.8 Å². The minimum Gasteiger partial charge on any atom is -0.378 e. The summed E-state index contributed by atoms with van der Waals surface area (Å²) in [5.41, 5.74) is 1.91. The van der Waals surface area contributed by atoms with Crippen molar-refractivity contribution < 1.29 is 9.53 Å². The third-order valence-electron chi connectivity index (χ3n) is 4.96. The van der Waals surface area contributed by atoms with Crippen molar-refractivity contribution in [3.63, 3.8) is 0 Å². The largest absolute Gasteiger partial charge is 0.378 e. The van der Waals surface area contributed by atoms with Gasteiger partial charge in [0, 0.05) is 24.1 Å². The predicted molar refractivity (Wildman–Crippen MR) is 107 cm³/mol. The van der Waals surface area contributed by atoms with Gasteiger partial charge in [0.25, 0.3) is 0 Å². The summed E-state index contributed by atoms with van der Waals surface area (Å²) < 4.78 is 5.76. The third-order valence-corrected chi connectivity index (χ3v) is 5.93. The molecule has 27 heavy (non-hydrogen) atoms. The Labute approximate surface area is 162 Å². The van der Waals surface area contributed by atoms with Gasteiger partial charge in [0.1, 0.15) is 0 Å². The third kappa shape index (κ3) is 3.99. The number of aromatic nitrogens is 3. The molecule has 0 saturated carbocycles. The molecule has 7 heteroatoms. The summed E-state index contributed by atoms with van der Waals surface area (Å²) in [7, 11) is 0. The van der Waals surface area contributed by atoms with E-state index in [2.05, 4.69) is 40.4 Å². The Hall–Kier alpha value is -2.38. The highest BCUT2D eigenvalue weighted by Crippen LogP contribution is 2.32. The SMILES string of the molecule is CC(C)C1CC(C(=O)Nc2ncc(-c3ccc4nnccc4c3)s2)CCO1. The highest BCUT2D eigenvalue weighted by atomic mass is 32.1. The monoisotopic (exact) mass is 382 g/mol. The van der Waals surface area contributed by atoms with Crippen molar-refractivity contribution in [2.75, 3.05) is 11.9 Å². The van der Waals surface area contributed by atoms with Crippen LogP contribution < -0.4 is 5.32 Å². The van der Waals surface area contributed by atoms with E-state index in [1.165, 1.54) is 11.3 Å². The van der Waals surface area contributed by atoms with E-state index in [-0.39, 0.29) is 17.9 Å². The van der Waals surface area contributed by atoms with E-state index < -0.39 is 0 Å². The Bertz CT molecular complexity index is 956. The maximum atomic E-state index is 12.6. The number of carbonyl (C=O) groups excluding carboxylic acids is 1. The van der Waals surface area contributed by atoms with E-state index in [0.717, 1.165) is 34.2 Å². The second-order valence-corrected chi connectivity index (χ2v) is 8.23. The molecule has 2 aromatic heterocycles. The second-order valence-electron chi connectivity index (χ2n) is 7.20. The Morgan fingerprint density at radius 2 is 2.22 bits per heavy atom. The zero-order valence-electron chi connectivity index (χ0n) is 15.4. The molecule has 1 amide bonds. The van der Waals surface area contributed by atoms with Crippen molar-refractivity contribution in [1.29, 1.82) is 0 Å². The minimum absolute atomic E-state index is 0.0160. The quantitative estimate of drug-likeness (QED) is 0.734. The van der Waals surface area contributed by atoms with Gasteiger partial charge in [-0.15, -0.1) is 0 Å². The number of anilines is 1. The molecular weight excluding hydrogens is 360 g/mol. The molecule has 1 aliphatic heterocycles. The fourth-order valence-corrected chi connectivity index (χ4v) is 4.16. The molecular formula is C20H22N4O2S. The van der Waals surface area contributed by atoms with Gasteiger partial charge in [0.2, 0.25) is 5.91 Å². The van der Waals surface area contributed by atoms with Crippen LogP contribution >= 0.6 is 11.3 Å². The van der Waals surface area contributed by atoms with Crippen LogP contribution in [0.3, 0.4) is 0 Å². The average Bonchev–Trinajstić information content (AvgIpc) is 3.16. The Morgan fingerprint density at radius 1 is 1.33 bits per heavy atom. The lowest BCUT2D eigenvalue weighted by Gasteiger charge is -2.30. The van der Waals surface area contributed by atoms with Gasteiger partial charge in [-0.3, -0.25) is 4.79 Å². The molecule has 1 aromatic carbocycles. The number of fused-ring (bicyclic) bond motifs is 1. The fourth-order valence-electron chi connectivity index (χ4n) is 3.35. The van der Waals surface area contributed by atoms with Crippen LogP contribution in [0, 0.1) is 11.8 Å². The topological polar surface area (TPSA) is 77.0 Å². The summed E-state index contributed by atoms with van der Waals surface area (Å²) in [5.74, 6) is 0.445. The highest BCUT2D eigenvalue weighted by molar-refractivity contribution is 7.19. The first kappa shape index (κ1) is 18.0. The predicted octanol–water partition coefficient (Wildman–Crippen LogP) is 4.14. The number of thiazole rings is 1. The number of hydrogen-bond donors (Lipinski definition) is 1. The van der Waals surface area contributed by atoms with Crippen LogP contribution in [0.25, 0.3) is 21.3 Å². The van der Waals surface area contributed by atoms with Gasteiger partial charge in [-0.25, -0.2) is 4.98 Å². The summed E-state index contributed by atoms with van der Waals surface area (Å²) in [4.78, 5) is 18.0. The van der Waals surface area contributed by atoms with Crippen molar-refractivity contribution in [2.45, 2.75) is 32.8 Å². The number of nitrogens with zero attached hydrogens (tertiary/aromatic N) is 3. The number of amides is 1. The number of ether oxygens (including phenoxy) is 1. The van der Waals surface area contributed by atoms with Crippen LogP contribution in [0.15, 0.2) is 36.7 Å². The van der Waals surface area contributed by atoms with Gasteiger partial charge in [-0.1, -0.05) is 31.3 Å². The Morgan fingerprint density at radius 3 is 3.07 bits per heavy atom. The van der Waals surface area contributed by atoms with Crippen molar-refractivity contribution in [3.05, 3.63) is 36.7 Å². The molecule has 3 aromatic rings. The molecule has 0 bridgehead atoms. The molecule has 1 N–H and O–H groups in total. The first-order chi connectivity index (χ1) is 13.1. The lowest BCUT2D eigenvalue weighted by molar-refractivity contribution is -0.126. The molecule has 2 atom stereocenters. The molecule has 3 heterocycles. The molecule has 0 aliphatic carbocycles. The van der Waals surface area contributed by atoms with Crippen molar-refractivity contribution >= 4 is 33.3 Å². The molecule has 0 radical (unpaired) electrons. The van der Waals surface area contributed by atoms with Crippen molar-refractivity contribution in [1.82, 2.24) is 15.2 Å². The molecule has 1 aliphatic rings. The van der Waals surface area contributed by atoms with Crippen LogP contribution in [0.4, 0.5) is 5.13 Å². The zero-order valence-corrected chi connectivity index (χ0v) is 16.2. The lowest BCUT2D eigenvalue weighted by atomic mass is 9.90. The van der Waals surface area contributed by atoms with Gasteiger partial charge >= 0.3 is 0 Å². The van der Waals surface area contributed by atoms with Crippen LogP contribution in [0.2, 0.25) is 0 Å². The summed E-state index contributed by atoms with van der Waals surface area (Å²) in [6.45, 7) is 4.91.